The van der Waals surface area contributed by atoms with E-state index in [1.165, 1.54) is 0 Å². The minimum atomic E-state index is -0.823. The van der Waals surface area contributed by atoms with Crippen molar-refractivity contribution in [2.24, 2.45) is 23.7 Å². The van der Waals surface area contributed by atoms with Crippen LogP contribution in [0.25, 0.3) is 10.8 Å². The molecule has 0 heterocycles. The normalized spacial score (nSPS) is 28.9. The average Bonchev–Trinajstić information content (AvgIpc) is 3.15. The van der Waals surface area contributed by atoms with Crippen molar-refractivity contribution in [1.82, 2.24) is 0 Å². The molecule has 1 amide bonds. The molecule has 0 saturated heterocycles. The van der Waals surface area contributed by atoms with Gasteiger partial charge in [-0.1, -0.05) is 30.3 Å². The van der Waals surface area contributed by atoms with Crippen LogP contribution in [-0.4, -0.2) is 17.0 Å². The number of hydrogen-bond acceptors (Lipinski definition) is 2. The number of carbonyl (C=O) groups is 2. The summed E-state index contributed by atoms with van der Waals surface area (Å²) in [7, 11) is 0. The Morgan fingerprint density at radius 3 is 2.39 bits per heavy atom. The summed E-state index contributed by atoms with van der Waals surface area (Å²) in [5.41, 5.74) is 0.737. The first-order chi connectivity index (χ1) is 11.1. The van der Waals surface area contributed by atoms with Gasteiger partial charge in [0.1, 0.15) is 0 Å². The number of nitrogens with one attached hydrogen (secondary N) is 1. The lowest BCUT2D eigenvalue weighted by Crippen LogP contribution is -2.37. The molecule has 0 aromatic heterocycles. The van der Waals surface area contributed by atoms with Crippen LogP contribution >= 0.6 is 0 Å². The van der Waals surface area contributed by atoms with E-state index in [2.05, 4.69) is 5.32 Å². The number of anilines is 1. The third-order valence-corrected chi connectivity index (χ3v) is 5.52. The van der Waals surface area contributed by atoms with Crippen LogP contribution in [0.2, 0.25) is 0 Å². The lowest BCUT2D eigenvalue weighted by atomic mass is 9.78. The standard InChI is InChI=1S/C19H19NO3/c21-18(16-13-5-6-14(9-13)17(16)19(22)23)20-15-8-7-11-3-1-2-4-12(11)10-15/h1-4,7-8,10,13-14,16-17H,5-6,9H2,(H,20,21)(H,22,23). The second kappa shape index (κ2) is 5.37. The van der Waals surface area contributed by atoms with E-state index in [9.17, 15) is 14.7 Å². The number of carbonyl (C=O) groups excluding carboxylic acids is 1. The summed E-state index contributed by atoms with van der Waals surface area (Å²) < 4.78 is 0. The van der Waals surface area contributed by atoms with Crippen molar-refractivity contribution in [2.75, 3.05) is 5.32 Å². The molecule has 4 nitrogen and oxygen atoms in total. The van der Waals surface area contributed by atoms with E-state index in [0.29, 0.717) is 0 Å². The van der Waals surface area contributed by atoms with Gasteiger partial charge < -0.3 is 10.4 Å². The third-order valence-electron chi connectivity index (χ3n) is 5.52. The second-order valence-corrected chi connectivity index (χ2v) is 6.77. The van der Waals surface area contributed by atoms with Crippen molar-refractivity contribution in [1.29, 1.82) is 0 Å². The topological polar surface area (TPSA) is 66.4 Å². The van der Waals surface area contributed by atoms with Crippen LogP contribution in [0.3, 0.4) is 0 Å². The van der Waals surface area contributed by atoms with Crippen LogP contribution in [0.4, 0.5) is 5.69 Å². The van der Waals surface area contributed by atoms with Crippen LogP contribution in [0.15, 0.2) is 42.5 Å². The predicted molar refractivity (Wildman–Crippen MR) is 88.0 cm³/mol. The van der Waals surface area contributed by atoms with Gasteiger partial charge in [0, 0.05) is 5.69 Å². The minimum Gasteiger partial charge on any atom is -0.481 e. The fraction of sp³-hybridized carbons (Fsp3) is 0.368. The minimum absolute atomic E-state index is 0.139. The van der Waals surface area contributed by atoms with Crippen LogP contribution < -0.4 is 5.32 Å². The van der Waals surface area contributed by atoms with Crippen molar-refractivity contribution in [3.8, 4) is 0 Å². The molecular weight excluding hydrogens is 290 g/mol. The Morgan fingerprint density at radius 2 is 1.65 bits per heavy atom. The van der Waals surface area contributed by atoms with Crippen molar-refractivity contribution < 1.29 is 14.7 Å². The second-order valence-electron chi connectivity index (χ2n) is 6.77. The Balaban J connectivity index is 1.57. The summed E-state index contributed by atoms with van der Waals surface area (Å²) in [6.07, 6.45) is 2.80. The van der Waals surface area contributed by atoms with Crippen LogP contribution in [0.1, 0.15) is 19.3 Å². The van der Waals surface area contributed by atoms with Crippen LogP contribution in [-0.2, 0) is 9.59 Å². The molecule has 2 aliphatic rings. The molecule has 0 radical (unpaired) electrons. The summed E-state index contributed by atoms with van der Waals surface area (Å²) in [4.78, 5) is 24.2. The number of carboxylic acid groups (broad SMARTS) is 1. The van der Waals surface area contributed by atoms with E-state index in [-0.39, 0.29) is 17.7 Å². The quantitative estimate of drug-likeness (QED) is 0.911. The zero-order valence-corrected chi connectivity index (χ0v) is 12.7. The van der Waals surface area contributed by atoms with Gasteiger partial charge >= 0.3 is 5.97 Å². The number of hydrogen-bond donors (Lipinski definition) is 2. The summed E-state index contributed by atoms with van der Waals surface area (Å²) >= 11 is 0. The van der Waals surface area contributed by atoms with Crippen molar-refractivity contribution in [3.63, 3.8) is 0 Å². The Hall–Kier alpha value is -2.36. The number of carboxylic acids is 1. The Kier molecular flexibility index (Phi) is 3.33. The lowest BCUT2D eigenvalue weighted by Gasteiger charge is -2.27. The van der Waals surface area contributed by atoms with E-state index in [4.69, 9.17) is 0 Å². The molecule has 23 heavy (non-hydrogen) atoms. The van der Waals surface area contributed by atoms with Gasteiger partial charge in [-0.05, 0) is 54.0 Å². The third kappa shape index (κ3) is 2.38. The summed E-state index contributed by atoms with van der Waals surface area (Å²) in [5.74, 6) is -1.48. The summed E-state index contributed by atoms with van der Waals surface area (Å²) in [5, 5.41) is 14.6. The number of benzene rings is 2. The van der Waals surface area contributed by atoms with Gasteiger partial charge in [-0.3, -0.25) is 9.59 Å². The molecule has 2 fully saturated rings. The fourth-order valence-corrected chi connectivity index (χ4v) is 4.52. The van der Waals surface area contributed by atoms with E-state index in [0.717, 1.165) is 35.7 Å². The SMILES string of the molecule is O=C(O)C1C2CCC(C2)C1C(=O)Nc1ccc2ccccc2c1. The highest BCUT2D eigenvalue weighted by Crippen LogP contribution is 2.52. The Bertz CT molecular complexity index is 785. The van der Waals surface area contributed by atoms with Gasteiger partial charge in [-0.15, -0.1) is 0 Å². The molecule has 0 aliphatic heterocycles. The van der Waals surface area contributed by atoms with Gasteiger partial charge in [0.15, 0.2) is 0 Å². The fourth-order valence-electron chi connectivity index (χ4n) is 4.52. The van der Waals surface area contributed by atoms with Crippen LogP contribution in [0, 0.1) is 23.7 Å². The van der Waals surface area contributed by atoms with Crippen molar-refractivity contribution in [2.45, 2.75) is 19.3 Å². The molecule has 4 heteroatoms. The first-order valence-electron chi connectivity index (χ1n) is 8.16. The molecule has 0 spiro atoms. The molecular formula is C19H19NO3. The van der Waals surface area contributed by atoms with E-state index >= 15 is 0 Å². The molecule has 118 valence electrons. The first-order valence-corrected chi connectivity index (χ1v) is 8.16. The van der Waals surface area contributed by atoms with Gasteiger partial charge in [-0.2, -0.15) is 0 Å². The lowest BCUT2D eigenvalue weighted by molar-refractivity contribution is -0.148. The van der Waals surface area contributed by atoms with Gasteiger partial charge in [-0.25, -0.2) is 0 Å². The maximum absolute atomic E-state index is 12.7. The zero-order valence-electron chi connectivity index (χ0n) is 12.7. The van der Waals surface area contributed by atoms with E-state index in [1.54, 1.807) is 0 Å². The molecule has 2 aliphatic carbocycles. The van der Waals surface area contributed by atoms with Crippen LogP contribution in [0.5, 0.6) is 0 Å². The highest BCUT2D eigenvalue weighted by Gasteiger charge is 2.53. The largest absolute Gasteiger partial charge is 0.481 e. The summed E-state index contributed by atoms with van der Waals surface area (Å²) in [6.45, 7) is 0. The van der Waals surface area contributed by atoms with E-state index < -0.39 is 17.8 Å². The molecule has 2 N–H and O–H groups in total. The number of aliphatic carboxylic acids is 1. The van der Waals surface area contributed by atoms with Gasteiger partial charge in [0.25, 0.3) is 0 Å². The molecule has 4 atom stereocenters. The van der Waals surface area contributed by atoms with Crippen molar-refractivity contribution in [3.05, 3.63) is 42.5 Å². The molecule has 2 aromatic rings. The van der Waals surface area contributed by atoms with Gasteiger partial charge in [0.05, 0.1) is 11.8 Å². The monoisotopic (exact) mass is 309 g/mol. The molecule has 4 rings (SSSR count). The highest BCUT2D eigenvalue weighted by molar-refractivity contribution is 5.98. The smallest absolute Gasteiger partial charge is 0.307 e. The van der Waals surface area contributed by atoms with Gasteiger partial charge in [0.2, 0.25) is 5.91 Å². The maximum atomic E-state index is 12.7. The Labute approximate surface area is 134 Å². The highest BCUT2D eigenvalue weighted by atomic mass is 16.4. The van der Waals surface area contributed by atoms with Crippen molar-refractivity contribution >= 4 is 28.3 Å². The molecule has 2 bridgehead atoms. The average molecular weight is 309 g/mol. The molecule has 4 unspecified atom stereocenters. The zero-order chi connectivity index (χ0) is 16.0. The predicted octanol–water partition coefficient (Wildman–Crippen LogP) is 3.53. The number of rotatable bonds is 3. The number of fused-ring (bicyclic) bond motifs is 3. The molecule has 2 saturated carbocycles. The van der Waals surface area contributed by atoms with E-state index in [1.807, 2.05) is 42.5 Å². The number of amides is 1. The maximum Gasteiger partial charge on any atom is 0.307 e. The Morgan fingerprint density at radius 1 is 0.957 bits per heavy atom. The first kappa shape index (κ1) is 14.2. The summed E-state index contributed by atoms with van der Waals surface area (Å²) in [6, 6.07) is 13.8. The molecule has 2 aromatic carbocycles.